The zero-order valence-corrected chi connectivity index (χ0v) is 11.4. The van der Waals surface area contributed by atoms with Gasteiger partial charge in [-0.2, -0.15) is 13.2 Å². The molecule has 1 aliphatic rings. The molecule has 2 rings (SSSR count). The summed E-state index contributed by atoms with van der Waals surface area (Å²) in [5, 5.41) is 10.3. The first kappa shape index (κ1) is 15.2. The molecule has 5 heteroatoms. The number of ether oxygens (including phenoxy) is 1. The van der Waals surface area contributed by atoms with Crippen molar-refractivity contribution in [2.24, 2.45) is 11.8 Å². The van der Waals surface area contributed by atoms with Crippen LogP contribution in [0.3, 0.4) is 0 Å². The molecular formula is C15H19F3O2. The highest BCUT2D eigenvalue weighted by Gasteiger charge is 2.43. The van der Waals surface area contributed by atoms with E-state index in [4.69, 9.17) is 4.74 Å². The molecule has 0 spiro atoms. The molecule has 1 saturated carbocycles. The van der Waals surface area contributed by atoms with Crippen LogP contribution in [0.15, 0.2) is 24.3 Å². The smallest absolute Gasteiger partial charge is 0.391 e. The minimum absolute atomic E-state index is 0.0106. The van der Waals surface area contributed by atoms with E-state index in [1.807, 2.05) is 0 Å². The first-order valence-electron chi connectivity index (χ1n) is 6.80. The van der Waals surface area contributed by atoms with E-state index >= 15 is 0 Å². The molecule has 1 aromatic carbocycles. The van der Waals surface area contributed by atoms with Crippen LogP contribution in [0.25, 0.3) is 0 Å². The van der Waals surface area contributed by atoms with Gasteiger partial charge in [-0.05, 0) is 42.9 Å². The first-order chi connectivity index (χ1) is 9.41. The minimum atomic E-state index is -4.15. The Morgan fingerprint density at radius 3 is 2.40 bits per heavy atom. The number of methoxy groups -OCH3 is 1. The Bertz CT molecular complexity index is 428. The van der Waals surface area contributed by atoms with Gasteiger partial charge in [-0.1, -0.05) is 18.6 Å². The van der Waals surface area contributed by atoms with Gasteiger partial charge in [0.15, 0.2) is 0 Å². The van der Waals surface area contributed by atoms with Crippen LogP contribution in [0.5, 0.6) is 5.75 Å². The molecule has 2 nitrogen and oxygen atoms in total. The molecule has 1 aliphatic carbocycles. The first-order valence-corrected chi connectivity index (χ1v) is 6.80. The molecule has 3 unspecified atom stereocenters. The van der Waals surface area contributed by atoms with Crippen LogP contribution in [0.2, 0.25) is 0 Å². The largest absolute Gasteiger partial charge is 0.497 e. The Kier molecular flexibility index (Phi) is 4.58. The molecule has 0 heterocycles. The molecule has 0 amide bonds. The molecule has 0 saturated heterocycles. The number of hydrogen-bond donors (Lipinski definition) is 1. The number of hydrogen-bond acceptors (Lipinski definition) is 2. The van der Waals surface area contributed by atoms with Gasteiger partial charge >= 0.3 is 6.18 Å². The Morgan fingerprint density at radius 2 is 1.85 bits per heavy atom. The highest BCUT2D eigenvalue weighted by Crippen LogP contribution is 2.43. The van der Waals surface area contributed by atoms with Crippen molar-refractivity contribution in [2.75, 3.05) is 7.11 Å². The fourth-order valence-electron chi connectivity index (χ4n) is 2.88. The van der Waals surface area contributed by atoms with Gasteiger partial charge < -0.3 is 9.84 Å². The Labute approximate surface area is 116 Å². The molecule has 0 bridgehead atoms. The van der Waals surface area contributed by atoms with E-state index in [0.29, 0.717) is 24.2 Å². The predicted molar refractivity (Wildman–Crippen MR) is 69.5 cm³/mol. The summed E-state index contributed by atoms with van der Waals surface area (Å²) in [7, 11) is 1.54. The summed E-state index contributed by atoms with van der Waals surface area (Å²) >= 11 is 0. The van der Waals surface area contributed by atoms with Crippen molar-refractivity contribution in [2.45, 2.75) is 38.0 Å². The van der Waals surface area contributed by atoms with E-state index in [9.17, 15) is 18.3 Å². The molecular weight excluding hydrogens is 269 g/mol. The van der Waals surface area contributed by atoms with Crippen LogP contribution < -0.4 is 4.74 Å². The van der Waals surface area contributed by atoms with Crippen LogP contribution >= 0.6 is 0 Å². The van der Waals surface area contributed by atoms with Crippen molar-refractivity contribution >= 4 is 0 Å². The van der Waals surface area contributed by atoms with Gasteiger partial charge in [0.1, 0.15) is 5.75 Å². The lowest BCUT2D eigenvalue weighted by atomic mass is 9.77. The Hall–Kier alpha value is -1.23. The zero-order valence-electron chi connectivity index (χ0n) is 11.4. The lowest BCUT2D eigenvalue weighted by Crippen LogP contribution is -2.31. The number of halogens is 3. The molecule has 3 atom stereocenters. The summed E-state index contributed by atoms with van der Waals surface area (Å²) in [5.74, 6) is -0.948. The van der Waals surface area contributed by atoms with Crippen LogP contribution in [-0.4, -0.2) is 18.4 Å². The van der Waals surface area contributed by atoms with Gasteiger partial charge in [-0.25, -0.2) is 0 Å². The van der Waals surface area contributed by atoms with Crippen molar-refractivity contribution in [1.82, 2.24) is 0 Å². The summed E-state index contributed by atoms with van der Waals surface area (Å²) in [6.45, 7) is 0. The summed E-state index contributed by atoms with van der Waals surface area (Å²) in [6, 6.07) is 6.84. The number of benzene rings is 1. The molecule has 1 aromatic rings. The molecule has 1 N–H and O–H groups in total. The quantitative estimate of drug-likeness (QED) is 0.907. The van der Waals surface area contributed by atoms with E-state index in [1.54, 1.807) is 31.4 Å². The lowest BCUT2D eigenvalue weighted by molar-refractivity contribution is -0.189. The average Bonchev–Trinajstić information content (AvgIpc) is 2.46. The van der Waals surface area contributed by atoms with Crippen molar-refractivity contribution < 1.29 is 23.0 Å². The van der Waals surface area contributed by atoms with Crippen molar-refractivity contribution in [1.29, 1.82) is 0 Å². The summed E-state index contributed by atoms with van der Waals surface area (Å²) in [4.78, 5) is 0. The van der Waals surface area contributed by atoms with E-state index < -0.39 is 18.2 Å². The molecule has 0 aliphatic heterocycles. The molecule has 112 valence electrons. The summed E-state index contributed by atoms with van der Waals surface area (Å²) < 4.78 is 43.4. The maximum atomic E-state index is 12.8. The normalized spacial score (nSPS) is 25.2. The number of alkyl halides is 3. The highest BCUT2D eigenvalue weighted by atomic mass is 19.4. The number of aliphatic hydroxyl groups excluding tert-OH is 1. The fraction of sp³-hybridized carbons (Fsp3) is 0.600. The maximum absolute atomic E-state index is 12.8. The van der Waals surface area contributed by atoms with Gasteiger partial charge in [0, 0.05) is 0 Å². The van der Waals surface area contributed by atoms with Crippen LogP contribution in [0, 0.1) is 11.8 Å². The van der Waals surface area contributed by atoms with Crippen molar-refractivity contribution in [3.63, 3.8) is 0 Å². The predicted octanol–water partition coefficient (Wildman–Crippen LogP) is 4.10. The number of aliphatic hydroxyl groups is 1. The van der Waals surface area contributed by atoms with E-state index in [1.165, 1.54) is 0 Å². The van der Waals surface area contributed by atoms with E-state index in [2.05, 4.69) is 0 Å². The third-order valence-electron chi connectivity index (χ3n) is 4.08. The van der Waals surface area contributed by atoms with Gasteiger partial charge in [0.25, 0.3) is 0 Å². The third kappa shape index (κ3) is 3.45. The maximum Gasteiger partial charge on any atom is 0.391 e. The van der Waals surface area contributed by atoms with Gasteiger partial charge in [0.2, 0.25) is 0 Å². The van der Waals surface area contributed by atoms with Gasteiger partial charge in [0.05, 0.1) is 19.1 Å². The second-order valence-electron chi connectivity index (χ2n) is 5.38. The van der Waals surface area contributed by atoms with Crippen molar-refractivity contribution in [3.05, 3.63) is 29.8 Å². The monoisotopic (exact) mass is 288 g/mol. The van der Waals surface area contributed by atoms with Crippen molar-refractivity contribution in [3.8, 4) is 5.75 Å². The molecule has 20 heavy (non-hydrogen) atoms. The third-order valence-corrected chi connectivity index (χ3v) is 4.08. The Balaban J connectivity index is 2.05. The second-order valence-corrected chi connectivity index (χ2v) is 5.38. The molecule has 1 fully saturated rings. The lowest BCUT2D eigenvalue weighted by Gasteiger charge is -2.33. The fourth-order valence-corrected chi connectivity index (χ4v) is 2.88. The zero-order chi connectivity index (χ0) is 14.8. The SMILES string of the molecule is COc1ccc(C(O)C2CCCC(C(F)(F)F)C2)cc1. The van der Waals surface area contributed by atoms with Crippen LogP contribution in [0.1, 0.15) is 37.4 Å². The average molecular weight is 288 g/mol. The van der Waals surface area contributed by atoms with E-state index in [0.717, 1.165) is 0 Å². The number of rotatable bonds is 3. The Morgan fingerprint density at radius 1 is 1.20 bits per heavy atom. The second kappa shape index (κ2) is 6.04. The minimum Gasteiger partial charge on any atom is -0.497 e. The molecule has 0 aromatic heterocycles. The molecule has 0 radical (unpaired) electrons. The highest BCUT2D eigenvalue weighted by molar-refractivity contribution is 5.28. The standard InChI is InChI=1S/C15H19F3O2/c1-20-13-7-5-10(6-8-13)14(19)11-3-2-4-12(9-11)15(16,17)18/h5-8,11-12,14,19H,2-4,9H2,1H3. The van der Waals surface area contributed by atoms with Gasteiger partial charge in [-0.15, -0.1) is 0 Å². The summed E-state index contributed by atoms with van der Waals surface area (Å²) in [6.07, 6.45) is -3.65. The van der Waals surface area contributed by atoms with Gasteiger partial charge in [-0.3, -0.25) is 0 Å². The van der Waals surface area contributed by atoms with E-state index in [-0.39, 0.29) is 18.8 Å². The van der Waals surface area contributed by atoms with Crippen LogP contribution in [-0.2, 0) is 0 Å². The topological polar surface area (TPSA) is 29.5 Å². The summed E-state index contributed by atoms with van der Waals surface area (Å²) in [5.41, 5.74) is 0.652. The van der Waals surface area contributed by atoms with Crippen LogP contribution in [0.4, 0.5) is 13.2 Å².